The summed E-state index contributed by atoms with van der Waals surface area (Å²) in [6.45, 7) is 0. The van der Waals surface area contributed by atoms with E-state index in [1.165, 1.54) is 43.1 Å². The van der Waals surface area contributed by atoms with Gasteiger partial charge in [-0.1, -0.05) is 12.1 Å². The summed E-state index contributed by atoms with van der Waals surface area (Å²) in [6.07, 6.45) is -0.940. The molecule has 2 rings (SSSR count). The van der Waals surface area contributed by atoms with Crippen LogP contribution in [-0.2, 0) is 0 Å². The van der Waals surface area contributed by atoms with Gasteiger partial charge in [0.1, 0.15) is 17.4 Å². The Morgan fingerprint density at radius 3 is 2.65 bits per heavy atom. The van der Waals surface area contributed by atoms with Gasteiger partial charge in [0.05, 0.1) is 13.2 Å². The second-order valence-electron chi connectivity index (χ2n) is 4.14. The smallest absolute Gasteiger partial charge is 0.136 e. The monoisotopic (exact) mass is 296 g/mol. The summed E-state index contributed by atoms with van der Waals surface area (Å²) in [5.41, 5.74) is 0.358. The maximum Gasteiger partial charge on any atom is 0.136 e. The van der Waals surface area contributed by atoms with Crippen molar-refractivity contribution < 1.29 is 18.6 Å². The summed E-state index contributed by atoms with van der Waals surface area (Å²) in [7, 11) is 1.45. The van der Waals surface area contributed by atoms with E-state index in [1.807, 2.05) is 0 Å². The van der Waals surface area contributed by atoms with Crippen LogP contribution >= 0.6 is 11.8 Å². The maximum absolute atomic E-state index is 13.5. The first-order chi connectivity index (χ1) is 9.61. The molecule has 0 saturated carbocycles. The third kappa shape index (κ3) is 3.49. The van der Waals surface area contributed by atoms with Gasteiger partial charge in [-0.05, 0) is 30.3 Å². The number of ether oxygens (including phenoxy) is 1. The van der Waals surface area contributed by atoms with Crippen LogP contribution in [0.5, 0.6) is 5.75 Å². The van der Waals surface area contributed by atoms with Gasteiger partial charge in [0.2, 0.25) is 0 Å². The predicted molar refractivity (Wildman–Crippen MR) is 75.0 cm³/mol. The molecule has 0 aliphatic carbocycles. The number of aliphatic hydroxyl groups is 1. The number of halogens is 2. The molecule has 106 valence electrons. The number of benzene rings is 2. The van der Waals surface area contributed by atoms with Crippen LogP contribution in [0.1, 0.15) is 11.7 Å². The summed E-state index contributed by atoms with van der Waals surface area (Å²) in [4.78, 5) is 0.446. The highest BCUT2D eigenvalue weighted by Gasteiger charge is 2.15. The Bertz CT molecular complexity index is 590. The van der Waals surface area contributed by atoms with Crippen molar-refractivity contribution in [1.82, 2.24) is 0 Å². The van der Waals surface area contributed by atoms with Gasteiger partial charge in [-0.3, -0.25) is 0 Å². The van der Waals surface area contributed by atoms with E-state index in [4.69, 9.17) is 4.74 Å². The van der Waals surface area contributed by atoms with Gasteiger partial charge in [0.15, 0.2) is 0 Å². The van der Waals surface area contributed by atoms with Gasteiger partial charge in [-0.15, -0.1) is 11.8 Å². The van der Waals surface area contributed by atoms with Crippen molar-refractivity contribution in [1.29, 1.82) is 0 Å². The fourth-order valence-electron chi connectivity index (χ4n) is 1.79. The molecule has 2 aromatic carbocycles. The van der Waals surface area contributed by atoms with Crippen molar-refractivity contribution in [2.24, 2.45) is 0 Å². The number of thioether (sulfide) groups is 1. The summed E-state index contributed by atoms with van der Waals surface area (Å²) in [6, 6.07) is 10.3. The molecule has 0 amide bonds. The molecule has 5 heteroatoms. The van der Waals surface area contributed by atoms with Crippen LogP contribution in [0.3, 0.4) is 0 Å². The van der Waals surface area contributed by atoms with Gasteiger partial charge in [-0.2, -0.15) is 0 Å². The Kier molecular flexibility index (Phi) is 4.98. The Labute approximate surface area is 120 Å². The van der Waals surface area contributed by atoms with E-state index >= 15 is 0 Å². The average molecular weight is 296 g/mol. The zero-order valence-electron chi connectivity index (χ0n) is 10.8. The van der Waals surface area contributed by atoms with Crippen molar-refractivity contribution in [3.05, 3.63) is 59.7 Å². The lowest BCUT2D eigenvalue weighted by molar-refractivity contribution is 0.198. The van der Waals surface area contributed by atoms with Crippen LogP contribution in [0, 0.1) is 11.6 Å². The maximum atomic E-state index is 13.5. The first-order valence-corrected chi connectivity index (χ1v) is 6.99. The number of hydrogen-bond donors (Lipinski definition) is 1. The van der Waals surface area contributed by atoms with Crippen LogP contribution in [0.2, 0.25) is 0 Å². The molecule has 0 aliphatic rings. The first kappa shape index (κ1) is 14.8. The lowest BCUT2D eigenvalue weighted by Gasteiger charge is -2.14. The Morgan fingerprint density at radius 2 is 1.95 bits per heavy atom. The quantitative estimate of drug-likeness (QED) is 0.851. The third-order valence-electron chi connectivity index (χ3n) is 2.78. The Morgan fingerprint density at radius 1 is 1.20 bits per heavy atom. The molecule has 0 spiro atoms. The molecule has 20 heavy (non-hydrogen) atoms. The zero-order chi connectivity index (χ0) is 14.5. The average Bonchev–Trinajstić information content (AvgIpc) is 2.46. The number of methoxy groups -OCH3 is 1. The van der Waals surface area contributed by atoms with Gasteiger partial charge >= 0.3 is 0 Å². The zero-order valence-corrected chi connectivity index (χ0v) is 11.7. The lowest BCUT2D eigenvalue weighted by Crippen LogP contribution is -2.04. The topological polar surface area (TPSA) is 29.5 Å². The molecule has 2 nitrogen and oxygen atoms in total. The number of hydrogen-bond acceptors (Lipinski definition) is 3. The highest BCUT2D eigenvalue weighted by molar-refractivity contribution is 7.99. The second kappa shape index (κ2) is 6.72. The fourth-order valence-corrected chi connectivity index (χ4v) is 2.68. The molecule has 0 heterocycles. The first-order valence-electron chi connectivity index (χ1n) is 6.00. The van der Waals surface area contributed by atoms with Crippen molar-refractivity contribution in [3.63, 3.8) is 0 Å². The van der Waals surface area contributed by atoms with Crippen molar-refractivity contribution in [3.8, 4) is 5.75 Å². The molecular weight excluding hydrogens is 282 g/mol. The molecule has 0 aliphatic heterocycles. The van der Waals surface area contributed by atoms with Crippen LogP contribution < -0.4 is 4.74 Å². The highest BCUT2D eigenvalue weighted by Crippen LogP contribution is 2.31. The summed E-state index contributed by atoms with van der Waals surface area (Å²) < 4.78 is 31.8. The van der Waals surface area contributed by atoms with Crippen LogP contribution in [0.15, 0.2) is 47.4 Å². The van der Waals surface area contributed by atoms with Crippen LogP contribution in [0.25, 0.3) is 0 Å². The largest absolute Gasteiger partial charge is 0.496 e. The van der Waals surface area contributed by atoms with E-state index in [1.54, 1.807) is 18.2 Å². The summed E-state index contributed by atoms with van der Waals surface area (Å²) in [5, 5.41) is 10.1. The Balaban J connectivity index is 2.11. The normalized spacial score (nSPS) is 12.2. The molecule has 0 aromatic heterocycles. The molecule has 1 N–H and O–H groups in total. The van der Waals surface area contributed by atoms with Gasteiger partial charge < -0.3 is 9.84 Å². The van der Waals surface area contributed by atoms with E-state index in [9.17, 15) is 13.9 Å². The molecule has 0 radical (unpaired) electrons. The number of aliphatic hydroxyl groups excluding tert-OH is 1. The van der Waals surface area contributed by atoms with Gasteiger partial charge in [0, 0.05) is 16.2 Å². The predicted octanol–water partition coefficient (Wildman–Crippen LogP) is 3.80. The summed E-state index contributed by atoms with van der Waals surface area (Å²) in [5.74, 6) is -0.166. The standard InChI is InChI=1S/C15H14F2O2S/c1-19-14-7-6-10(16)8-11(14)13(18)9-20-15-5-3-2-4-12(15)17/h2-8,13,18H,9H2,1H3. The molecule has 0 fully saturated rings. The Hall–Kier alpha value is -1.59. The molecule has 0 saturated heterocycles. The van der Waals surface area contributed by atoms with Crippen molar-refractivity contribution in [2.75, 3.05) is 12.9 Å². The van der Waals surface area contributed by atoms with Gasteiger partial charge in [0.25, 0.3) is 0 Å². The van der Waals surface area contributed by atoms with E-state index in [0.717, 1.165) is 0 Å². The fraction of sp³-hybridized carbons (Fsp3) is 0.200. The van der Waals surface area contributed by atoms with E-state index in [0.29, 0.717) is 16.2 Å². The van der Waals surface area contributed by atoms with E-state index in [-0.39, 0.29) is 11.6 Å². The van der Waals surface area contributed by atoms with Crippen LogP contribution in [0.4, 0.5) is 8.78 Å². The molecular formula is C15H14F2O2S. The minimum absolute atomic E-state index is 0.209. The highest BCUT2D eigenvalue weighted by atomic mass is 32.2. The minimum Gasteiger partial charge on any atom is -0.496 e. The minimum atomic E-state index is -0.940. The van der Waals surface area contributed by atoms with Crippen LogP contribution in [-0.4, -0.2) is 18.0 Å². The SMILES string of the molecule is COc1ccc(F)cc1C(O)CSc1ccccc1F. The second-order valence-corrected chi connectivity index (χ2v) is 5.21. The third-order valence-corrected chi connectivity index (χ3v) is 3.91. The molecule has 1 unspecified atom stereocenters. The lowest BCUT2D eigenvalue weighted by atomic mass is 10.1. The molecule has 0 bridgehead atoms. The van der Waals surface area contributed by atoms with Gasteiger partial charge in [-0.25, -0.2) is 8.78 Å². The van der Waals surface area contributed by atoms with Crippen molar-refractivity contribution in [2.45, 2.75) is 11.0 Å². The number of rotatable bonds is 5. The molecule has 2 aromatic rings. The van der Waals surface area contributed by atoms with Crippen molar-refractivity contribution >= 4 is 11.8 Å². The van der Waals surface area contributed by atoms with E-state index < -0.39 is 11.9 Å². The molecule has 1 atom stereocenters. The summed E-state index contributed by atoms with van der Waals surface area (Å²) >= 11 is 1.17. The van der Waals surface area contributed by atoms with E-state index in [2.05, 4.69) is 0 Å².